The molecule has 0 saturated carbocycles. The molecule has 0 aliphatic rings. The molecule has 0 aliphatic carbocycles. The molecule has 1 N–H and O–H groups in total. The molecule has 0 atom stereocenters. The minimum absolute atomic E-state index is 0.120. The van der Waals surface area contributed by atoms with Gasteiger partial charge in [-0.3, -0.25) is 4.72 Å². The number of nitrogens with zero attached hydrogens (tertiary/aromatic N) is 1. The summed E-state index contributed by atoms with van der Waals surface area (Å²) in [6.07, 6.45) is 0. The molecule has 148 valence electrons. The number of hydrogen-bond donors (Lipinski definition) is 1. The number of aromatic nitrogens is 1. The maximum absolute atomic E-state index is 12.8. The maximum Gasteiger partial charge on any atom is 0.261 e. The second-order valence-electron chi connectivity index (χ2n) is 6.18. The van der Waals surface area contributed by atoms with Crippen molar-refractivity contribution in [2.75, 3.05) is 18.9 Å². The number of methoxy groups -OCH3 is 2. The van der Waals surface area contributed by atoms with Gasteiger partial charge in [-0.05, 0) is 60.7 Å². The largest absolute Gasteiger partial charge is 0.497 e. The van der Waals surface area contributed by atoms with Gasteiger partial charge in [-0.1, -0.05) is 6.07 Å². The van der Waals surface area contributed by atoms with Crippen molar-refractivity contribution in [1.82, 2.24) is 4.98 Å². The van der Waals surface area contributed by atoms with Crippen LogP contribution in [0.3, 0.4) is 0 Å². The van der Waals surface area contributed by atoms with Crippen molar-refractivity contribution >= 4 is 26.8 Å². The molecule has 0 aliphatic heterocycles. The number of oxazole rings is 1. The summed E-state index contributed by atoms with van der Waals surface area (Å²) < 4.78 is 44.2. The van der Waals surface area contributed by atoms with Gasteiger partial charge in [0.25, 0.3) is 10.0 Å². The third-order valence-corrected chi connectivity index (χ3v) is 5.75. The Kier molecular flexibility index (Phi) is 4.85. The fourth-order valence-corrected chi connectivity index (χ4v) is 3.91. The lowest BCUT2D eigenvalue weighted by Gasteiger charge is -2.08. The van der Waals surface area contributed by atoms with Crippen LogP contribution in [-0.2, 0) is 10.0 Å². The number of hydrogen-bond acceptors (Lipinski definition) is 6. The fraction of sp³-hybridized carbons (Fsp3) is 0.0952. The summed E-state index contributed by atoms with van der Waals surface area (Å²) in [5, 5.41) is 0. The molecule has 0 radical (unpaired) electrons. The van der Waals surface area contributed by atoms with E-state index in [2.05, 4.69) is 9.71 Å². The van der Waals surface area contributed by atoms with Gasteiger partial charge >= 0.3 is 0 Å². The van der Waals surface area contributed by atoms with Crippen LogP contribution in [0.2, 0.25) is 0 Å². The molecule has 0 fully saturated rings. The molecule has 0 bridgehead atoms. The van der Waals surface area contributed by atoms with E-state index in [-0.39, 0.29) is 4.90 Å². The highest BCUT2D eigenvalue weighted by Gasteiger charge is 2.18. The van der Waals surface area contributed by atoms with Crippen LogP contribution in [0.15, 0.2) is 76.0 Å². The van der Waals surface area contributed by atoms with E-state index in [1.807, 2.05) is 12.1 Å². The summed E-state index contributed by atoms with van der Waals surface area (Å²) in [4.78, 5) is 4.61. The number of anilines is 1. The summed E-state index contributed by atoms with van der Waals surface area (Å²) in [5.41, 5.74) is 1.99. The molecule has 0 saturated heterocycles. The number of rotatable bonds is 6. The summed E-state index contributed by atoms with van der Waals surface area (Å²) in [6.45, 7) is 0. The fourth-order valence-electron chi connectivity index (χ4n) is 2.85. The Balaban J connectivity index is 1.69. The number of para-hydroxylation sites is 1. The predicted octanol–water partition coefficient (Wildman–Crippen LogP) is 4.31. The van der Waals surface area contributed by atoms with Crippen molar-refractivity contribution in [3.05, 3.63) is 66.7 Å². The van der Waals surface area contributed by atoms with Crippen molar-refractivity contribution in [3.8, 4) is 23.0 Å². The average Bonchev–Trinajstić information content (AvgIpc) is 3.19. The summed E-state index contributed by atoms with van der Waals surface area (Å²) in [5.74, 6) is 1.68. The predicted molar refractivity (Wildman–Crippen MR) is 110 cm³/mol. The monoisotopic (exact) mass is 410 g/mol. The van der Waals surface area contributed by atoms with Crippen LogP contribution in [0.4, 0.5) is 5.69 Å². The SMILES string of the molecule is COc1ccc(-c2nc3c(NS(=O)(=O)c4ccc(OC)cc4)cccc3o2)cc1. The van der Waals surface area contributed by atoms with Crippen LogP contribution >= 0.6 is 0 Å². The van der Waals surface area contributed by atoms with Gasteiger partial charge in [-0.25, -0.2) is 13.4 Å². The van der Waals surface area contributed by atoms with Gasteiger partial charge in [0.2, 0.25) is 5.89 Å². The van der Waals surface area contributed by atoms with Crippen molar-refractivity contribution in [3.63, 3.8) is 0 Å². The van der Waals surface area contributed by atoms with Crippen molar-refractivity contribution in [1.29, 1.82) is 0 Å². The van der Waals surface area contributed by atoms with Crippen molar-refractivity contribution in [2.24, 2.45) is 0 Å². The Morgan fingerprint density at radius 3 is 2.10 bits per heavy atom. The number of fused-ring (bicyclic) bond motifs is 1. The van der Waals surface area contributed by atoms with Gasteiger partial charge in [0.1, 0.15) is 17.0 Å². The normalized spacial score (nSPS) is 11.4. The zero-order valence-corrected chi connectivity index (χ0v) is 16.6. The smallest absolute Gasteiger partial charge is 0.261 e. The van der Waals surface area contributed by atoms with E-state index in [9.17, 15) is 8.42 Å². The number of benzene rings is 3. The zero-order chi connectivity index (χ0) is 20.4. The van der Waals surface area contributed by atoms with Crippen molar-refractivity contribution in [2.45, 2.75) is 4.90 Å². The molecule has 0 spiro atoms. The highest BCUT2D eigenvalue weighted by Crippen LogP contribution is 2.31. The van der Waals surface area contributed by atoms with E-state index in [0.29, 0.717) is 28.4 Å². The Morgan fingerprint density at radius 1 is 0.862 bits per heavy atom. The Labute approximate surface area is 168 Å². The van der Waals surface area contributed by atoms with E-state index in [0.717, 1.165) is 11.3 Å². The molecule has 7 nitrogen and oxygen atoms in total. The maximum atomic E-state index is 12.8. The minimum atomic E-state index is -3.80. The van der Waals surface area contributed by atoms with E-state index in [4.69, 9.17) is 13.9 Å². The minimum Gasteiger partial charge on any atom is -0.497 e. The highest BCUT2D eigenvalue weighted by atomic mass is 32.2. The van der Waals surface area contributed by atoms with Gasteiger partial charge in [0, 0.05) is 5.56 Å². The molecule has 1 heterocycles. The molecule has 4 aromatic rings. The van der Waals surface area contributed by atoms with E-state index >= 15 is 0 Å². The third-order valence-electron chi connectivity index (χ3n) is 4.37. The molecule has 29 heavy (non-hydrogen) atoms. The molecule has 8 heteroatoms. The van der Waals surface area contributed by atoms with Gasteiger partial charge in [-0.2, -0.15) is 0 Å². The summed E-state index contributed by atoms with van der Waals surface area (Å²) >= 11 is 0. The molecular formula is C21H18N2O5S. The Bertz CT molecular complexity index is 1250. The first-order chi connectivity index (χ1) is 14.0. The zero-order valence-electron chi connectivity index (χ0n) is 15.7. The van der Waals surface area contributed by atoms with Crippen LogP contribution in [-0.4, -0.2) is 27.6 Å². The van der Waals surface area contributed by atoms with E-state index in [1.54, 1.807) is 49.6 Å². The second-order valence-corrected chi connectivity index (χ2v) is 7.86. The van der Waals surface area contributed by atoms with Crippen LogP contribution in [0.25, 0.3) is 22.6 Å². The van der Waals surface area contributed by atoms with Gasteiger partial charge < -0.3 is 13.9 Å². The van der Waals surface area contributed by atoms with Gasteiger partial charge in [-0.15, -0.1) is 0 Å². The molecule has 1 aromatic heterocycles. The lowest BCUT2D eigenvalue weighted by Crippen LogP contribution is -2.13. The van der Waals surface area contributed by atoms with Gasteiger partial charge in [0.15, 0.2) is 5.58 Å². The molecular weight excluding hydrogens is 392 g/mol. The van der Waals surface area contributed by atoms with Crippen LogP contribution in [0.5, 0.6) is 11.5 Å². The van der Waals surface area contributed by atoms with Crippen LogP contribution in [0, 0.1) is 0 Å². The first-order valence-electron chi connectivity index (χ1n) is 8.71. The number of ether oxygens (including phenoxy) is 2. The molecule has 0 unspecified atom stereocenters. The molecule has 0 amide bonds. The second kappa shape index (κ2) is 7.48. The highest BCUT2D eigenvalue weighted by molar-refractivity contribution is 7.92. The molecule has 3 aromatic carbocycles. The number of sulfonamides is 1. The van der Waals surface area contributed by atoms with Crippen LogP contribution in [0.1, 0.15) is 0 Å². The lowest BCUT2D eigenvalue weighted by atomic mass is 10.2. The first-order valence-corrected chi connectivity index (χ1v) is 10.2. The standard InChI is InChI=1S/C21H18N2O5S/c1-26-15-8-6-14(7-9-15)21-22-20-18(4-3-5-19(20)28-21)23-29(24,25)17-12-10-16(27-2)11-13-17/h3-13,23H,1-2H3. The quantitative estimate of drug-likeness (QED) is 0.509. The Morgan fingerprint density at radius 2 is 1.48 bits per heavy atom. The summed E-state index contributed by atoms with van der Waals surface area (Å²) in [7, 11) is -0.684. The van der Waals surface area contributed by atoms with Crippen LogP contribution < -0.4 is 14.2 Å². The van der Waals surface area contributed by atoms with E-state index in [1.165, 1.54) is 19.2 Å². The average molecular weight is 410 g/mol. The molecule has 4 rings (SSSR count). The lowest BCUT2D eigenvalue weighted by molar-refractivity contribution is 0.414. The first kappa shape index (κ1) is 18.8. The number of nitrogens with one attached hydrogen (secondary N) is 1. The van der Waals surface area contributed by atoms with Crippen molar-refractivity contribution < 1.29 is 22.3 Å². The Hall–Kier alpha value is -3.52. The van der Waals surface area contributed by atoms with E-state index < -0.39 is 10.0 Å². The topological polar surface area (TPSA) is 90.7 Å². The third kappa shape index (κ3) is 3.74. The van der Waals surface area contributed by atoms with Gasteiger partial charge in [0.05, 0.1) is 24.8 Å². The summed E-state index contributed by atoms with van der Waals surface area (Å²) in [6, 6.07) is 18.5.